The molecule has 6 atom stereocenters. The third-order valence-electron chi connectivity index (χ3n) is 12.6. The zero-order chi connectivity index (χ0) is 48.7. The Kier molecular flexibility index (Phi) is 18.7. The molecule has 3 aromatic rings. The molecule has 6 rings (SSSR count). The van der Waals surface area contributed by atoms with E-state index in [0.29, 0.717) is 61.1 Å². The van der Waals surface area contributed by atoms with Gasteiger partial charge in [-0.05, 0) is 106 Å². The summed E-state index contributed by atoms with van der Waals surface area (Å²) in [5.41, 5.74) is 3.11. The second kappa shape index (κ2) is 24.6. The molecule has 0 spiro atoms. The van der Waals surface area contributed by atoms with Gasteiger partial charge in [0.1, 0.15) is 41.2 Å². The lowest BCUT2D eigenvalue weighted by atomic mass is 9.55. The van der Waals surface area contributed by atoms with Crippen LogP contribution in [0.1, 0.15) is 96.1 Å². The van der Waals surface area contributed by atoms with Crippen LogP contribution in [0.15, 0.2) is 96.2 Å². The highest BCUT2D eigenvalue weighted by molar-refractivity contribution is 6.03. The van der Waals surface area contributed by atoms with Crippen molar-refractivity contribution in [3.63, 3.8) is 0 Å². The number of unbranched alkanes of at least 4 members (excludes halogenated alkanes) is 2. The first kappa shape index (κ1) is 51.8. The number of methoxy groups -OCH3 is 2. The average Bonchev–Trinajstić information content (AvgIpc) is 3.33. The number of fused-ring (bicyclic) bond motifs is 2. The lowest BCUT2D eigenvalue weighted by Gasteiger charge is -2.60. The Morgan fingerprint density at radius 1 is 0.956 bits per heavy atom. The van der Waals surface area contributed by atoms with Crippen molar-refractivity contribution in [3.8, 4) is 23.0 Å². The maximum absolute atomic E-state index is 14.6. The van der Waals surface area contributed by atoms with E-state index in [0.717, 1.165) is 42.4 Å². The van der Waals surface area contributed by atoms with Gasteiger partial charge in [0, 0.05) is 43.7 Å². The van der Waals surface area contributed by atoms with E-state index in [1.54, 1.807) is 48.4 Å². The van der Waals surface area contributed by atoms with Crippen molar-refractivity contribution in [2.24, 2.45) is 22.9 Å². The number of anilines is 1. The summed E-state index contributed by atoms with van der Waals surface area (Å²) in [5, 5.41) is 27.7. The number of aliphatic hydroxyl groups is 2. The van der Waals surface area contributed by atoms with E-state index in [2.05, 4.69) is 18.0 Å². The van der Waals surface area contributed by atoms with Gasteiger partial charge in [-0.2, -0.15) is 0 Å². The second-order valence-electron chi connectivity index (χ2n) is 18.4. The molecule has 6 unspecified atom stereocenters. The molecule has 1 heterocycles. The molecule has 3 aliphatic rings. The monoisotopic (exact) mass is 942 g/mol. The number of hydrogen-bond donors (Lipinski definition) is 3. The van der Waals surface area contributed by atoms with Crippen LogP contribution in [0.4, 0.5) is 15.3 Å². The van der Waals surface area contributed by atoms with Gasteiger partial charge in [-0.15, -0.1) is 6.58 Å². The van der Waals surface area contributed by atoms with Gasteiger partial charge in [-0.25, -0.2) is 9.59 Å². The quantitative estimate of drug-likeness (QED) is 0.0441. The van der Waals surface area contributed by atoms with Crippen molar-refractivity contribution in [1.29, 1.82) is 0 Å². The molecule has 0 radical (unpaired) electrons. The molecular weight excluding hydrogens is 871 g/mol. The van der Waals surface area contributed by atoms with Crippen molar-refractivity contribution in [2.45, 2.75) is 109 Å². The first-order valence-corrected chi connectivity index (χ1v) is 23.9. The summed E-state index contributed by atoms with van der Waals surface area (Å²) in [7, 11) is 3.05. The number of amides is 2. The van der Waals surface area contributed by atoms with Gasteiger partial charge in [-0.3, -0.25) is 10.2 Å². The lowest BCUT2D eigenvalue weighted by molar-refractivity contribution is -0.255. The number of rotatable bonds is 24. The number of ether oxygens (including phenoxy) is 7. The standard InChI is InChI=1S/C53H71N3O12/c1-8-25-56(51(60)64-30-29-63-35-36-17-11-10-12-18-36)47-34-44(55-68-52(3,4)5)41-31-37(19-13-15-26-57)40(20-14-16-27-58)48-42-32-39(22-24-45(42)67-53(47,49(41)48)65-28-9-2)66-50(59)54-43-23-21-38(61-6)33-46(43)62-7/h9-12,17-18,21-24,31-33,37,40,47-49,57-58H,2,8,13-16,19-20,25-30,34-35H2,1,3-7H3,(H,54,59). The van der Waals surface area contributed by atoms with E-state index in [9.17, 15) is 19.8 Å². The molecule has 1 fully saturated rings. The third-order valence-corrected chi connectivity index (χ3v) is 12.6. The van der Waals surface area contributed by atoms with E-state index in [1.807, 2.05) is 64.1 Å². The van der Waals surface area contributed by atoms with Crippen molar-refractivity contribution >= 4 is 23.6 Å². The van der Waals surface area contributed by atoms with Gasteiger partial charge in [0.2, 0.25) is 5.79 Å². The molecule has 2 aliphatic carbocycles. The average molecular weight is 942 g/mol. The molecular formula is C53H71N3O12. The second-order valence-corrected chi connectivity index (χ2v) is 18.4. The fourth-order valence-electron chi connectivity index (χ4n) is 9.70. The molecule has 1 saturated carbocycles. The molecule has 3 N–H and O–H groups in total. The number of carbonyl (C=O) groups excluding carboxylic acids is 2. The Hall–Kier alpha value is -5.61. The zero-order valence-electron chi connectivity index (χ0n) is 40.6. The predicted molar refractivity (Wildman–Crippen MR) is 259 cm³/mol. The molecule has 15 heteroatoms. The van der Waals surface area contributed by atoms with E-state index in [1.165, 1.54) is 7.11 Å². The van der Waals surface area contributed by atoms with Gasteiger partial charge in [0.05, 0.1) is 51.4 Å². The van der Waals surface area contributed by atoms with Gasteiger partial charge in [0.25, 0.3) is 0 Å². The van der Waals surface area contributed by atoms with Crippen molar-refractivity contribution in [1.82, 2.24) is 4.90 Å². The Labute approximate surface area is 401 Å². The van der Waals surface area contributed by atoms with Crippen molar-refractivity contribution in [2.75, 3.05) is 59.1 Å². The normalized spacial score (nSPS) is 22.1. The number of nitrogens with one attached hydrogen (secondary N) is 1. The highest BCUT2D eigenvalue weighted by Gasteiger charge is 2.65. The minimum atomic E-state index is -1.49. The highest BCUT2D eigenvalue weighted by Crippen LogP contribution is 2.62. The van der Waals surface area contributed by atoms with E-state index in [4.69, 9.17) is 43.2 Å². The van der Waals surface area contributed by atoms with E-state index >= 15 is 0 Å². The van der Waals surface area contributed by atoms with Crippen LogP contribution in [0.2, 0.25) is 0 Å². The number of nitrogens with zero attached hydrogens (tertiary/aromatic N) is 2. The van der Waals surface area contributed by atoms with Crippen molar-refractivity contribution in [3.05, 3.63) is 102 Å². The number of hydrogen-bond acceptors (Lipinski definition) is 13. The van der Waals surface area contributed by atoms with Crippen molar-refractivity contribution < 1.29 is 57.8 Å². The van der Waals surface area contributed by atoms with Crippen LogP contribution in [-0.2, 0) is 25.7 Å². The fourth-order valence-corrected chi connectivity index (χ4v) is 9.70. The summed E-state index contributed by atoms with van der Waals surface area (Å²) in [4.78, 5) is 36.1. The van der Waals surface area contributed by atoms with Crippen LogP contribution >= 0.6 is 0 Å². The number of aliphatic hydroxyl groups excluding tert-OH is 2. The number of benzene rings is 3. The number of allylic oxidation sites excluding steroid dienone is 1. The molecule has 3 aromatic carbocycles. The molecule has 0 saturated heterocycles. The van der Waals surface area contributed by atoms with E-state index < -0.39 is 35.5 Å². The minimum Gasteiger partial charge on any atom is -0.497 e. The summed E-state index contributed by atoms with van der Waals surface area (Å²) in [6, 6.07) is 19.4. The highest BCUT2D eigenvalue weighted by atomic mass is 16.7. The fraction of sp³-hybridized carbons (Fsp3) is 0.528. The van der Waals surface area contributed by atoms with Gasteiger partial charge < -0.3 is 48.2 Å². The topological polar surface area (TPSA) is 176 Å². The number of oxime groups is 1. The lowest BCUT2D eigenvalue weighted by Crippen LogP contribution is -2.70. The maximum Gasteiger partial charge on any atom is 0.417 e. The largest absolute Gasteiger partial charge is 0.497 e. The minimum absolute atomic E-state index is 0.000981. The van der Waals surface area contributed by atoms with Gasteiger partial charge in [0.15, 0.2) is 0 Å². The van der Waals surface area contributed by atoms with Crippen LogP contribution in [0, 0.1) is 17.8 Å². The predicted octanol–water partition coefficient (Wildman–Crippen LogP) is 9.81. The summed E-state index contributed by atoms with van der Waals surface area (Å²) in [5.74, 6) is -0.706. The maximum atomic E-state index is 14.6. The van der Waals surface area contributed by atoms with E-state index in [-0.39, 0.29) is 63.0 Å². The van der Waals surface area contributed by atoms with Gasteiger partial charge in [-0.1, -0.05) is 67.4 Å². The van der Waals surface area contributed by atoms with Gasteiger partial charge >= 0.3 is 12.2 Å². The molecule has 0 aromatic heterocycles. The first-order valence-electron chi connectivity index (χ1n) is 23.9. The summed E-state index contributed by atoms with van der Waals surface area (Å²) in [6.07, 6.45) is 7.76. The first-order chi connectivity index (χ1) is 32.9. The molecule has 1 aliphatic heterocycles. The Bertz CT molecular complexity index is 2190. The molecule has 370 valence electrons. The molecule has 0 bridgehead atoms. The zero-order valence-corrected chi connectivity index (χ0v) is 40.6. The molecule has 2 amide bonds. The summed E-state index contributed by atoms with van der Waals surface area (Å²) < 4.78 is 43.1. The molecule has 68 heavy (non-hydrogen) atoms. The SMILES string of the molecule is C=CCOC12Oc3ccc(OC(=O)Nc4ccc(OC)cc4OC)cc3C3C(CCCCO)C(CCCCO)C=C(C(=NOC(C)(C)C)CC1N(CCC)C(=O)OCCOCc1ccccc1)C32. The smallest absolute Gasteiger partial charge is 0.417 e. The Balaban J connectivity index is 1.47. The number of carbonyl (C=O) groups is 2. The molecule has 15 nitrogen and oxygen atoms in total. The Morgan fingerprint density at radius 3 is 2.40 bits per heavy atom. The summed E-state index contributed by atoms with van der Waals surface area (Å²) in [6.45, 7) is 13.0. The van der Waals surface area contributed by atoms with Crippen LogP contribution in [-0.4, -0.2) is 104 Å². The third kappa shape index (κ3) is 12.7. The van der Waals surface area contributed by atoms with Crippen LogP contribution in [0.5, 0.6) is 23.0 Å². The Morgan fingerprint density at radius 2 is 1.71 bits per heavy atom. The van der Waals surface area contributed by atoms with Crippen LogP contribution in [0.25, 0.3) is 0 Å². The summed E-state index contributed by atoms with van der Waals surface area (Å²) >= 11 is 0. The van der Waals surface area contributed by atoms with Crippen LogP contribution < -0.4 is 24.3 Å². The van der Waals surface area contributed by atoms with Crippen LogP contribution in [0.3, 0.4) is 0 Å².